The Balaban J connectivity index is 0.00000392. The fourth-order valence-corrected chi connectivity index (χ4v) is 4.23. The first kappa shape index (κ1) is 25.5. The average Bonchev–Trinajstić information content (AvgIpc) is 3.00. The first-order chi connectivity index (χ1) is 13.1. The molecule has 1 aliphatic rings. The number of nitrogens with zero attached hydrogens (tertiary/aromatic N) is 1. The van der Waals surface area contributed by atoms with Gasteiger partial charge >= 0.3 is 0 Å². The van der Waals surface area contributed by atoms with E-state index in [-0.39, 0.29) is 50.5 Å². The van der Waals surface area contributed by atoms with Gasteiger partial charge in [0.15, 0.2) is 0 Å². The van der Waals surface area contributed by atoms with E-state index in [0.29, 0.717) is 6.42 Å². The van der Waals surface area contributed by atoms with Gasteiger partial charge < -0.3 is 17.1 Å². The Labute approximate surface area is 196 Å². The van der Waals surface area contributed by atoms with Crippen LogP contribution < -0.4 is 0 Å². The maximum atomic E-state index is 10.6. The molecule has 0 aromatic heterocycles. The number of benzene rings is 1. The second-order valence-electron chi connectivity index (χ2n) is 7.76. The molecule has 1 fully saturated rings. The first-order valence-electron chi connectivity index (χ1n) is 10.4. The van der Waals surface area contributed by atoms with Gasteiger partial charge in [0.05, 0.1) is 24.2 Å². The molecule has 3 nitrogen and oxygen atoms in total. The molecule has 4 heteroatoms. The van der Waals surface area contributed by atoms with Crippen LogP contribution in [0.25, 0.3) is 0 Å². The predicted molar refractivity (Wildman–Crippen MR) is 110 cm³/mol. The summed E-state index contributed by atoms with van der Waals surface area (Å²) in [7, 11) is 0. The van der Waals surface area contributed by atoms with Crippen molar-refractivity contribution in [1.29, 1.82) is 5.26 Å². The zero-order valence-corrected chi connectivity index (χ0v) is 20.0. The van der Waals surface area contributed by atoms with Crippen molar-refractivity contribution < 1.29 is 42.9 Å². The van der Waals surface area contributed by atoms with Crippen LogP contribution in [0.2, 0.25) is 0 Å². The smallest absolute Gasteiger partial charge is 0.0790 e. The van der Waals surface area contributed by atoms with Crippen molar-refractivity contribution in [2.45, 2.75) is 76.4 Å². The molecular formula is C24H34NO2Y-. The Bertz CT molecular complexity index is 622. The molecule has 151 valence electrons. The van der Waals surface area contributed by atoms with Gasteiger partial charge in [-0.3, -0.25) is 0 Å². The summed E-state index contributed by atoms with van der Waals surface area (Å²) < 4.78 is 0. The summed E-state index contributed by atoms with van der Waals surface area (Å²) in [6.07, 6.45) is 10.6. The molecule has 2 N–H and O–H groups in total. The van der Waals surface area contributed by atoms with Crippen LogP contribution in [0.5, 0.6) is 0 Å². The van der Waals surface area contributed by atoms with Crippen LogP contribution in [0.1, 0.15) is 81.4 Å². The Morgan fingerprint density at radius 3 is 2.57 bits per heavy atom. The standard InChI is InChI=1S/C24H34NO2.Y/c1-3-5-7-9-10-21-20(17-25)16-23(27)24(21)19-14-12-18(13-15-19)22(26)11-8-6-4-2;/h7,9,12-15,20-24,26-27H,1,3-6,8,10-11,16H2,2H3;/q-1;/b9-7-;/t20-,21-,22?,23+,24+;/m0./s1. The number of aliphatic hydroxyl groups excluding tert-OH is 2. The number of rotatable bonds is 10. The zero-order chi connectivity index (χ0) is 19.6. The molecule has 1 aromatic rings. The molecule has 1 saturated carbocycles. The summed E-state index contributed by atoms with van der Waals surface area (Å²) in [5, 5.41) is 30.5. The molecule has 1 radical (unpaired) electrons. The number of aliphatic hydroxyl groups is 2. The third kappa shape index (κ3) is 7.06. The minimum Gasteiger partial charge on any atom is -0.392 e. The summed E-state index contributed by atoms with van der Waals surface area (Å²) in [6.45, 7) is 6.00. The van der Waals surface area contributed by atoms with Gasteiger partial charge in [-0.05, 0) is 36.3 Å². The minimum absolute atomic E-state index is 0. The number of unbranched alkanes of at least 4 members (excludes halogenated alkanes) is 3. The van der Waals surface area contributed by atoms with Gasteiger partial charge in [0.1, 0.15) is 0 Å². The van der Waals surface area contributed by atoms with Gasteiger partial charge in [0, 0.05) is 38.6 Å². The maximum Gasteiger partial charge on any atom is 0.0790 e. The maximum absolute atomic E-state index is 10.6. The van der Waals surface area contributed by atoms with Crippen LogP contribution in [0.15, 0.2) is 36.4 Å². The molecule has 0 bridgehead atoms. The Morgan fingerprint density at radius 2 is 1.96 bits per heavy atom. The first-order valence-corrected chi connectivity index (χ1v) is 10.4. The van der Waals surface area contributed by atoms with Gasteiger partial charge in [-0.15, -0.1) is 0 Å². The van der Waals surface area contributed by atoms with Gasteiger partial charge in [-0.1, -0.05) is 69.0 Å². The summed E-state index contributed by atoms with van der Waals surface area (Å²) in [4.78, 5) is 0. The summed E-state index contributed by atoms with van der Waals surface area (Å²) >= 11 is 0. The van der Waals surface area contributed by atoms with Crippen LogP contribution >= 0.6 is 0 Å². The van der Waals surface area contributed by atoms with Crippen molar-refractivity contribution in [3.63, 3.8) is 0 Å². The molecule has 28 heavy (non-hydrogen) atoms. The molecule has 0 aliphatic heterocycles. The Morgan fingerprint density at radius 1 is 1.25 bits per heavy atom. The predicted octanol–water partition coefficient (Wildman–Crippen LogP) is 5.46. The van der Waals surface area contributed by atoms with Gasteiger partial charge in [-0.25, -0.2) is 0 Å². The number of hydrogen-bond acceptors (Lipinski definition) is 3. The second kappa shape index (κ2) is 13.7. The van der Waals surface area contributed by atoms with Crippen LogP contribution in [-0.2, 0) is 32.7 Å². The molecule has 1 aromatic carbocycles. The van der Waals surface area contributed by atoms with Crippen molar-refractivity contribution >= 4 is 0 Å². The average molecular weight is 457 g/mol. The molecule has 0 spiro atoms. The molecule has 0 saturated heterocycles. The van der Waals surface area contributed by atoms with Gasteiger partial charge in [0.2, 0.25) is 0 Å². The Kier molecular flexibility index (Phi) is 12.4. The summed E-state index contributed by atoms with van der Waals surface area (Å²) in [6, 6.07) is 10.4. The molecule has 0 heterocycles. The van der Waals surface area contributed by atoms with Crippen molar-refractivity contribution in [3.8, 4) is 6.07 Å². The van der Waals surface area contributed by atoms with Crippen molar-refractivity contribution in [3.05, 3.63) is 54.5 Å². The third-order valence-electron chi connectivity index (χ3n) is 5.79. The van der Waals surface area contributed by atoms with Crippen LogP contribution in [0.3, 0.4) is 0 Å². The minimum atomic E-state index is -0.485. The van der Waals surface area contributed by atoms with Crippen molar-refractivity contribution in [2.24, 2.45) is 11.8 Å². The monoisotopic (exact) mass is 457 g/mol. The van der Waals surface area contributed by atoms with Crippen molar-refractivity contribution in [1.82, 2.24) is 0 Å². The van der Waals surface area contributed by atoms with E-state index in [0.717, 1.165) is 56.1 Å². The van der Waals surface area contributed by atoms with E-state index in [1.54, 1.807) is 0 Å². The van der Waals surface area contributed by atoms with E-state index in [1.807, 2.05) is 24.3 Å². The fourth-order valence-electron chi connectivity index (χ4n) is 4.23. The number of hydrogen-bond donors (Lipinski definition) is 2. The second-order valence-corrected chi connectivity index (χ2v) is 7.76. The largest absolute Gasteiger partial charge is 0.392 e. The molecule has 1 aliphatic carbocycles. The zero-order valence-electron chi connectivity index (χ0n) is 17.1. The Hall–Kier alpha value is -0.526. The third-order valence-corrected chi connectivity index (χ3v) is 5.79. The van der Waals surface area contributed by atoms with Crippen LogP contribution in [0.4, 0.5) is 0 Å². The van der Waals surface area contributed by atoms with Crippen molar-refractivity contribution in [2.75, 3.05) is 0 Å². The molecule has 2 rings (SSSR count). The van der Waals surface area contributed by atoms with E-state index >= 15 is 0 Å². The SMILES string of the molecule is [CH2-]CC/C=C\C[C@@H]1[C@@H](c2ccc(C(O)CCCCC)cc2)[C@H](O)C[C@H]1C#N.[Y]. The number of allylic oxidation sites excluding steroid dienone is 2. The molecule has 0 amide bonds. The van der Waals surface area contributed by atoms with Gasteiger partial charge in [-0.2, -0.15) is 11.7 Å². The molecule has 5 atom stereocenters. The summed E-state index contributed by atoms with van der Waals surface area (Å²) in [5.41, 5.74) is 2.01. The fraction of sp³-hybridized carbons (Fsp3) is 0.583. The van der Waals surface area contributed by atoms with E-state index < -0.39 is 12.2 Å². The number of nitriles is 1. The van der Waals surface area contributed by atoms with E-state index in [2.05, 4.69) is 32.1 Å². The molecular weight excluding hydrogens is 423 g/mol. The summed E-state index contributed by atoms with van der Waals surface area (Å²) in [5.74, 6) is -0.00885. The van der Waals surface area contributed by atoms with E-state index in [1.165, 1.54) is 0 Å². The molecule has 1 unspecified atom stereocenters. The quantitative estimate of drug-likeness (QED) is 0.279. The van der Waals surface area contributed by atoms with E-state index in [4.69, 9.17) is 0 Å². The van der Waals surface area contributed by atoms with Crippen LogP contribution in [0, 0.1) is 30.1 Å². The van der Waals surface area contributed by atoms with E-state index in [9.17, 15) is 15.5 Å². The normalized spacial score (nSPS) is 25.4. The van der Waals surface area contributed by atoms with Gasteiger partial charge in [0.25, 0.3) is 0 Å². The topological polar surface area (TPSA) is 64.2 Å². The van der Waals surface area contributed by atoms with Crippen LogP contribution in [-0.4, -0.2) is 16.3 Å².